The van der Waals surface area contributed by atoms with Crippen molar-refractivity contribution in [3.63, 3.8) is 0 Å². The number of hydrogen-bond acceptors (Lipinski definition) is 4. The fourth-order valence-electron chi connectivity index (χ4n) is 3.32. The second-order valence-corrected chi connectivity index (χ2v) is 6.60. The van der Waals surface area contributed by atoms with E-state index in [1.54, 1.807) is 6.20 Å². The number of amides is 1. The Morgan fingerprint density at radius 2 is 2.04 bits per heavy atom. The molecule has 0 aromatic carbocycles. The summed E-state index contributed by atoms with van der Waals surface area (Å²) in [6.07, 6.45) is 4.13. The van der Waals surface area contributed by atoms with Gasteiger partial charge in [0.1, 0.15) is 17.2 Å². The molecule has 1 N–H and O–H groups in total. The Kier molecular flexibility index (Phi) is 5.00. The van der Waals surface area contributed by atoms with E-state index in [9.17, 15) is 4.79 Å². The molecule has 5 heteroatoms. The predicted octanol–water partition coefficient (Wildman–Crippen LogP) is 3.17. The Balaban J connectivity index is 1.72. The molecule has 3 rings (SSSR count). The third-order valence-corrected chi connectivity index (χ3v) is 4.56. The predicted molar refractivity (Wildman–Crippen MR) is 93.0 cm³/mol. The van der Waals surface area contributed by atoms with E-state index in [1.807, 2.05) is 39.0 Å². The summed E-state index contributed by atoms with van der Waals surface area (Å²) in [5, 5.41) is 3.04. The van der Waals surface area contributed by atoms with E-state index in [0.717, 1.165) is 35.7 Å². The molecule has 24 heavy (non-hydrogen) atoms. The second-order valence-electron chi connectivity index (χ2n) is 6.60. The molecule has 1 aliphatic rings. The molecule has 0 saturated carbocycles. The summed E-state index contributed by atoms with van der Waals surface area (Å²) < 4.78 is 5.83. The zero-order valence-electron chi connectivity index (χ0n) is 14.6. The van der Waals surface area contributed by atoms with E-state index in [4.69, 9.17) is 4.42 Å². The molecule has 1 aliphatic heterocycles. The first-order chi connectivity index (χ1) is 11.5. The van der Waals surface area contributed by atoms with Gasteiger partial charge in [0, 0.05) is 12.7 Å². The minimum Gasteiger partial charge on any atom is -0.465 e. The van der Waals surface area contributed by atoms with Crippen LogP contribution in [-0.4, -0.2) is 35.4 Å². The zero-order valence-corrected chi connectivity index (χ0v) is 14.6. The normalized spacial score (nSPS) is 16.3. The minimum atomic E-state index is -0.125. The van der Waals surface area contributed by atoms with Crippen LogP contribution in [0.2, 0.25) is 0 Å². The highest BCUT2D eigenvalue weighted by Crippen LogP contribution is 2.26. The molecule has 0 aliphatic carbocycles. The molecule has 3 heterocycles. The fraction of sp³-hybridized carbons (Fsp3) is 0.474. The van der Waals surface area contributed by atoms with Crippen molar-refractivity contribution in [2.24, 2.45) is 0 Å². The van der Waals surface area contributed by atoms with Crippen LogP contribution in [0.25, 0.3) is 0 Å². The van der Waals surface area contributed by atoms with E-state index in [2.05, 4.69) is 15.2 Å². The Bertz CT molecular complexity index is 717. The molecule has 2 aromatic rings. The number of hydrogen-bond donors (Lipinski definition) is 1. The molecule has 1 fully saturated rings. The van der Waals surface area contributed by atoms with Gasteiger partial charge in [-0.05, 0) is 70.0 Å². The summed E-state index contributed by atoms with van der Waals surface area (Å²) in [5.74, 6) is 1.69. The molecule has 128 valence electrons. The first-order valence-corrected chi connectivity index (χ1v) is 8.56. The number of nitrogens with zero attached hydrogens (tertiary/aromatic N) is 2. The molecule has 2 aromatic heterocycles. The van der Waals surface area contributed by atoms with Crippen LogP contribution in [0.1, 0.15) is 52.0 Å². The average Bonchev–Trinajstić information content (AvgIpc) is 3.19. The van der Waals surface area contributed by atoms with Gasteiger partial charge in [-0.2, -0.15) is 0 Å². The quantitative estimate of drug-likeness (QED) is 0.916. The largest absolute Gasteiger partial charge is 0.465 e. The number of rotatable bonds is 5. The van der Waals surface area contributed by atoms with Crippen LogP contribution in [-0.2, 0) is 0 Å². The third kappa shape index (κ3) is 3.67. The molecule has 0 spiro atoms. The molecule has 0 radical (unpaired) electrons. The maximum atomic E-state index is 12.5. The molecule has 1 saturated heterocycles. The van der Waals surface area contributed by atoms with Crippen molar-refractivity contribution in [2.45, 2.75) is 39.7 Å². The Morgan fingerprint density at radius 3 is 2.67 bits per heavy atom. The van der Waals surface area contributed by atoms with Gasteiger partial charge in [-0.1, -0.05) is 6.07 Å². The number of furan rings is 1. The SMILES string of the molecule is Cc1cnc(C(=O)NCC(c2ccc(C)o2)N2CCCC2)c(C)c1. The first-order valence-electron chi connectivity index (χ1n) is 8.56. The van der Waals surface area contributed by atoms with E-state index in [1.165, 1.54) is 12.8 Å². The third-order valence-electron chi connectivity index (χ3n) is 4.56. The first kappa shape index (κ1) is 16.7. The fourth-order valence-corrected chi connectivity index (χ4v) is 3.32. The highest BCUT2D eigenvalue weighted by atomic mass is 16.3. The summed E-state index contributed by atoms with van der Waals surface area (Å²) in [6, 6.07) is 6.05. The number of carbonyl (C=O) groups is 1. The van der Waals surface area contributed by atoms with Gasteiger partial charge in [-0.3, -0.25) is 14.7 Å². The van der Waals surface area contributed by atoms with Crippen LogP contribution in [0.15, 0.2) is 28.8 Å². The van der Waals surface area contributed by atoms with E-state index in [-0.39, 0.29) is 11.9 Å². The van der Waals surface area contributed by atoms with Crippen LogP contribution < -0.4 is 5.32 Å². The lowest BCUT2D eigenvalue weighted by Gasteiger charge is -2.26. The summed E-state index contributed by atoms with van der Waals surface area (Å²) in [4.78, 5) is 19.2. The van der Waals surface area contributed by atoms with Gasteiger partial charge in [0.05, 0.1) is 6.04 Å². The molecule has 5 nitrogen and oxygen atoms in total. The van der Waals surface area contributed by atoms with Gasteiger partial charge in [-0.25, -0.2) is 0 Å². The minimum absolute atomic E-state index is 0.0795. The van der Waals surface area contributed by atoms with Gasteiger partial charge in [0.2, 0.25) is 0 Å². The standard InChI is InChI=1S/C19H25N3O2/c1-13-10-14(2)18(20-11-13)19(23)21-12-16(22-8-4-5-9-22)17-7-6-15(3)24-17/h6-7,10-11,16H,4-5,8-9,12H2,1-3H3,(H,21,23). The van der Waals surface area contributed by atoms with Crippen LogP contribution in [0.5, 0.6) is 0 Å². The molecular weight excluding hydrogens is 302 g/mol. The van der Waals surface area contributed by atoms with Crippen LogP contribution >= 0.6 is 0 Å². The molecule has 1 atom stereocenters. The smallest absolute Gasteiger partial charge is 0.270 e. The number of likely N-dealkylation sites (tertiary alicyclic amines) is 1. The number of pyridine rings is 1. The summed E-state index contributed by atoms with van der Waals surface area (Å²) in [5.41, 5.74) is 2.46. The maximum absolute atomic E-state index is 12.5. The lowest BCUT2D eigenvalue weighted by molar-refractivity contribution is 0.0928. The van der Waals surface area contributed by atoms with Crippen molar-refractivity contribution >= 4 is 5.91 Å². The van der Waals surface area contributed by atoms with Crippen molar-refractivity contribution in [1.29, 1.82) is 0 Å². The van der Waals surface area contributed by atoms with Crippen LogP contribution in [0.4, 0.5) is 0 Å². The van der Waals surface area contributed by atoms with Crippen molar-refractivity contribution in [3.8, 4) is 0 Å². The number of aryl methyl sites for hydroxylation is 3. The molecule has 0 bridgehead atoms. The zero-order chi connectivity index (χ0) is 17.1. The Hall–Kier alpha value is -2.14. The Labute approximate surface area is 143 Å². The van der Waals surface area contributed by atoms with Gasteiger partial charge in [0.25, 0.3) is 5.91 Å². The Morgan fingerprint density at radius 1 is 1.29 bits per heavy atom. The van der Waals surface area contributed by atoms with Crippen LogP contribution in [0.3, 0.4) is 0 Å². The highest BCUT2D eigenvalue weighted by molar-refractivity contribution is 5.93. The maximum Gasteiger partial charge on any atom is 0.270 e. The van der Waals surface area contributed by atoms with Gasteiger partial charge in [0.15, 0.2) is 0 Å². The van der Waals surface area contributed by atoms with E-state index < -0.39 is 0 Å². The summed E-state index contributed by atoms with van der Waals surface area (Å²) in [7, 11) is 0. The lowest BCUT2D eigenvalue weighted by atomic mass is 10.1. The average molecular weight is 327 g/mol. The summed E-state index contributed by atoms with van der Waals surface area (Å²) in [6.45, 7) is 8.46. The molecule has 1 unspecified atom stereocenters. The van der Waals surface area contributed by atoms with E-state index >= 15 is 0 Å². The second kappa shape index (κ2) is 7.18. The van der Waals surface area contributed by atoms with Gasteiger partial charge >= 0.3 is 0 Å². The van der Waals surface area contributed by atoms with Gasteiger partial charge < -0.3 is 9.73 Å². The van der Waals surface area contributed by atoms with Gasteiger partial charge in [-0.15, -0.1) is 0 Å². The summed E-state index contributed by atoms with van der Waals surface area (Å²) >= 11 is 0. The number of aromatic nitrogens is 1. The highest BCUT2D eigenvalue weighted by Gasteiger charge is 2.26. The topological polar surface area (TPSA) is 58.4 Å². The van der Waals surface area contributed by atoms with Crippen molar-refractivity contribution < 1.29 is 9.21 Å². The van der Waals surface area contributed by atoms with Crippen molar-refractivity contribution in [2.75, 3.05) is 19.6 Å². The van der Waals surface area contributed by atoms with E-state index in [0.29, 0.717) is 12.2 Å². The van der Waals surface area contributed by atoms with Crippen molar-refractivity contribution in [1.82, 2.24) is 15.2 Å². The number of nitrogens with one attached hydrogen (secondary N) is 1. The van der Waals surface area contributed by atoms with Crippen LogP contribution in [0, 0.1) is 20.8 Å². The number of carbonyl (C=O) groups excluding carboxylic acids is 1. The molecular formula is C19H25N3O2. The molecule has 1 amide bonds. The monoisotopic (exact) mass is 327 g/mol. The lowest BCUT2D eigenvalue weighted by Crippen LogP contribution is -2.37. The van der Waals surface area contributed by atoms with Crippen molar-refractivity contribution in [3.05, 3.63) is 52.7 Å².